The predicted octanol–water partition coefficient (Wildman–Crippen LogP) is 4.61. The molecule has 18 heavy (non-hydrogen) atoms. The summed E-state index contributed by atoms with van der Waals surface area (Å²) >= 11 is 6.11. The van der Waals surface area contributed by atoms with E-state index in [-0.39, 0.29) is 0 Å². The van der Waals surface area contributed by atoms with Gasteiger partial charge in [0.15, 0.2) is 0 Å². The average Bonchev–Trinajstić information content (AvgIpc) is 2.36. The molecule has 0 heterocycles. The topological polar surface area (TPSA) is 38.0 Å². The number of nitrogen functional groups attached to an aromatic ring is 1. The molecule has 0 aromatic heterocycles. The van der Waals surface area contributed by atoms with Crippen LogP contribution in [0.2, 0.25) is 5.02 Å². The van der Waals surface area contributed by atoms with E-state index in [0.29, 0.717) is 16.8 Å². The molecule has 2 rings (SSSR count). The van der Waals surface area contributed by atoms with Crippen molar-refractivity contribution in [2.45, 2.75) is 52.0 Å². The van der Waals surface area contributed by atoms with Gasteiger partial charge in [-0.05, 0) is 43.4 Å². The largest absolute Gasteiger partial charge is 0.398 e. The molecule has 3 N–H and O–H groups in total. The molecule has 0 spiro atoms. The third-order valence-corrected chi connectivity index (χ3v) is 4.45. The smallest absolute Gasteiger partial charge is 0.0656 e. The summed E-state index contributed by atoms with van der Waals surface area (Å²) in [6.45, 7) is 4.37. The van der Waals surface area contributed by atoms with Gasteiger partial charge in [0, 0.05) is 11.7 Å². The summed E-state index contributed by atoms with van der Waals surface area (Å²) in [6.07, 6.45) is 6.56. The average molecular weight is 267 g/mol. The molecule has 0 aliphatic heterocycles. The third kappa shape index (κ3) is 2.92. The van der Waals surface area contributed by atoms with Gasteiger partial charge in [0.2, 0.25) is 0 Å². The fourth-order valence-electron chi connectivity index (χ4n) is 2.95. The Hall–Kier alpha value is -0.890. The minimum Gasteiger partial charge on any atom is -0.398 e. The molecular formula is C15H23ClN2. The molecule has 1 fully saturated rings. The van der Waals surface area contributed by atoms with Crippen LogP contribution in [0, 0.1) is 12.8 Å². The van der Waals surface area contributed by atoms with Gasteiger partial charge in [-0.1, -0.05) is 37.8 Å². The molecule has 2 unspecified atom stereocenters. The Morgan fingerprint density at radius 2 is 2.06 bits per heavy atom. The van der Waals surface area contributed by atoms with Crippen molar-refractivity contribution in [1.82, 2.24) is 0 Å². The molecule has 1 aliphatic rings. The van der Waals surface area contributed by atoms with Gasteiger partial charge >= 0.3 is 0 Å². The van der Waals surface area contributed by atoms with Gasteiger partial charge in [0.05, 0.1) is 10.7 Å². The number of benzene rings is 1. The number of hydrogen-bond donors (Lipinski definition) is 2. The fraction of sp³-hybridized carbons (Fsp3) is 0.600. The zero-order chi connectivity index (χ0) is 13.1. The first-order valence-corrected chi connectivity index (χ1v) is 7.31. The molecule has 1 saturated carbocycles. The highest BCUT2D eigenvalue weighted by molar-refractivity contribution is 6.33. The van der Waals surface area contributed by atoms with Crippen LogP contribution in [0.15, 0.2) is 12.1 Å². The minimum absolute atomic E-state index is 0.585. The van der Waals surface area contributed by atoms with Crippen LogP contribution in [-0.4, -0.2) is 6.04 Å². The molecule has 2 atom stereocenters. The van der Waals surface area contributed by atoms with Crippen LogP contribution >= 0.6 is 11.6 Å². The molecule has 0 bridgehead atoms. The van der Waals surface area contributed by atoms with Gasteiger partial charge < -0.3 is 11.1 Å². The first-order valence-electron chi connectivity index (χ1n) is 6.94. The lowest BCUT2D eigenvalue weighted by Crippen LogP contribution is -2.32. The van der Waals surface area contributed by atoms with E-state index in [1.807, 2.05) is 12.1 Å². The van der Waals surface area contributed by atoms with Crippen LogP contribution in [0.5, 0.6) is 0 Å². The number of anilines is 2. The summed E-state index contributed by atoms with van der Waals surface area (Å²) in [5.41, 5.74) is 8.80. The van der Waals surface area contributed by atoms with E-state index in [1.54, 1.807) is 0 Å². The van der Waals surface area contributed by atoms with Crippen molar-refractivity contribution in [1.29, 1.82) is 0 Å². The SMILES string of the molecule is CCC1CCCCC1Nc1cc(Cl)c(N)cc1C. The van der Waals surface area contributed by atoms with Crippen molar-refractivity contribution in [2.24, 2.45) is 5.92 Å². The molecule has 0 amide bonds. The molecule has 1 aromatic carbocycles. The maximum Gasteiger partial charge on any atom is 0.0656 e. The van der Waals surface area contributed by atoms with Crippen LogP contribution in [0.4, 0.5) is 11.4 Å². The number of hydrogen-bond acceptors (Lipinski definition) is 2. The lowest BCUT2D eigenvalue weighted by atomic mass is 9.82. The lowest BCUT2D eigenvalue weighted by Gasteiger charge is -2.33. The van der Waals surface area contributed by atoms with Gasteiger partial charge in [-0.15, -0.1) is 0 Å². The Labute approximate surface area is 115 Å². The second-order valence-corrected chi connectivity index (χ2v) is 5.80. The predicted molar refractivity (Wildman–Crippen MR) is 80.3 cm³/mol. The number of nitrogens with one attached hydrogen (secondary N) is 1. The lowest BCUT2D eigenvalue weighted by molar-refractivity contribution is 0.317. The molecule has 3 heteroatoms. The van der Waals surface area contributed by atoms with Gasteiger partial charge in [-0.2, -0.15) is 0 Å². The molecule has 1 aromatic rings. The second-order valence-electron chi connectivity index (χ2n) is 5.39. The first-order chi connectivity index (χ1) is 8.61. The summed E-state index contributed by atoms with van der Waals surface area (Å²) in [5, 5.41) is 4.32. The fourth-order valence-corrected chi connectivity index (χ4v) is 3.11. The molecule has 0 radical (unpaired) electrons. The van der Waals surface area contributed by atoms with Gasteiger partial charge in [0.1, 0.15) is 0 Å². The Morgan fingerprint density at radius 1 is 1.33 bits per heavy atom. The van der Waals surface area contributed by atoms with E-state index in [4.69, 9.17) is 17.3 Å². The number of rotatable bonds is 3. The van der Waals surface area contributed by atoms with Crippen LogP contribution < -0.4 is 11.1 Å². The van der Waals surface area contributed by atoms with E-state index in [1.165, 1.54) is 37.7 Å². The van der Waals surface area contributed by atoms with E-state index >= 15 is 0 Å². The molecule has 1 aliphatic carbocycles. The maximum absolute atomic E-state index is 6.11. The highest BCUT2D eigenvalue weighted by Gasteiger charge is 2.23. The van der Waals surface area contributed by atoms with Gasteiger partial charge in [0.25, 0.3) is 0 Å². The minimum atomic E-state index is 0.585. The third-order valence-electron chi connectivity index (χ3n) is 4.12. The van der Waals surface area contributed by atoms with Crippen molar-refractivity contribution < 1.29 is 0 Å². The van der Waals surface area contributed by atoms with Crippen molar-refractivity contribution >= 4 is 23.0 Å². The Bertz CT molecular complexity index is 417. The summed E-state index contributed by atoms with van der Waals surface area (Å²) in [4.78, 5) is 0. The highest BCUT2D eigenvalue weighted by atomic mass is 35.5. The second kappa shape index (κ2) is 5.83. The zero-order valence-corrected chi connectivity index (χ0v) is 12.1. The van der Waals surface area contributed by atoms with Gasteiger partial charge in [-0.25, -0.2) is 0 Å². The Morgan fingerprint density at radius 3 is 2.78 bits per heavy atom. The number of halogens is 1. The van der Waals surface area contributed by atoms with E-state index < -0.39 is 0 Å². The van der Waals surface area contributed by atoms with Crippen LogP contribution in [0.1, 0.15) is 44.6 Å². The van der Waals surface area contributed by atoms with Crippen molar-refractivity contribution in [2.75, 3.05) is 11.1 Å². The van der Waals surface area contributed by atoms with Crippen molar-refractivity contribution in [3.63, 3.8) is 0 Å². The normalized spacial score (nSPS) is 23.9. The maximum atomic E-state index is 6.11. The number of aryl methyl sites for hydroxylation is 1. The Kier molecular flexibility index (Phi) is 4.39. The van der Waals surface area contributed by atoms with Crippen LogP contribution in [-0.2, 0) is 0 Å². The molecular weight excluding hydrogens is 244 g/mol. The van der Waals surface area contributed by atoms with E-state index in [0.717, 1.165) is 11.6 Å². The molecule has 0 saturated heterocycles. The molecule has 100 valence electrons. The highest BCUT2D eigenvalue weighted by Crippen LogP contribution is 2.32. The first kappa shape index (κ1) is 13.5. The zero-order valence-electron chi connectivity index (χ0n) is 11.3. The van der Waals surface area contributed by atoms with E-state index in [9.17, 15) is 0 Å². The summed E-state index contributed by atoms with van der Waals surface area (Å²) < 4.78 is 0. The quantitative estimate of drug-likeness (QED) is 0.784. The number of nitrogens with two attached hydrogens (primary N) is 1. The van der Waals surface area contributed by atoms with Crippen molar-refractivity contribution in [3.8, 4) is 0 Å². The summed E-state index contributed by atoms with van der Waals surface area (Å²) in [5.74, 6) is 0.787. The standard InChI is InChI=1S/C15H23ClN2/c1-3-11-6-4-5-7-14(11)18-15-9-12(16)13(17)8-10(15)2/h8-9,11,14,18H,3-7,17H2,1-2H3. The van der Waals surface area contributed by atoms with Crippen molar-refractivity contribution in [3.05, 3.63) is 22.7 Å². The summed E-state index contributed by atoms with van der Waals surface area (Å²) in [7, 11) is 0. The summed E-state index contributed by atoms with van der Waals surface area (Å²) in [6, 6.07) is 4.50. The monoisotopic (exact) mass is 266 g/mol. The van der Waals surface area contributed by atoms with Gasteiger partial charge in [-0.3, -0.25) is 0 Å². The van der Waals surface area contributed by atoms with Crippen LogP contribution in [0.25, 0.3) is 0 Å². The molecule has 2 nitrogen and oxygen atoms in total. The van der Waals surface area contributed by atoms with E-state index in [2.05, 4.69) is 19.2 Å². The Balaban J connectivity index is 2.15. The van der Waals surface area contributed by atoms with Crippen LogP contribution in [0.3, 0.4) is 0 Å².